The van der Waals surface area contributed by atoms with E-state index in [2.05, 4.69) is 12.2 Å². The SMILES string of the molecule is CCCCNCC(O)COc1cc(O)c2c(c1)Cc1ccccc1C2=O. The minimum absolute atomic E-state index is 0.0763. The number of aliphatic hydroxyl groups excluding tert-OH is 1. The predicted molar refractivity (Wildman–Crippen MR) is 100 cm³/mol. The molecule has 1 aliphatic carbocycles. The van der Waals surface area contributed by atoms with Gasteiger partial charge in [0.25, 0.3) is 0 Å². The number of ether oxygens (including phenoxy) is 1. The Hall–Kier alpha value is -2.37. The lowest BCUT2D eigenvalue weighted by atomic mass is 9.84. The van der Waals surface area contributed by atoms with Crippen molar-refractivity contribution in [1.82, 2.24) is 5.32 Å². The smallest absolute Gasteiger partial charge is 0.197 e. The highest BCUT2D eigenvalue weighted by atomic mass is 16.5. The van der Waals surface area contributed by atoms with E-state index in [9.17, 15) is 15.0 Å². The van der Waals surface area contributed by atoms with Gasteiger partial charge in [-0.15, -0.1) is 0 Å². The number of phenolic OH excluding ortho intramolecular Hbond substituents is 1. The fraction of sp³-hybridized carbons (Fsp3) is 0.381. The highest BCUT2D eigenvalue weighted by molar-refractivity contribution is 6.14. The van der Waals surface area contributed by atoms with Crippen LogP contribution in [0.5, 0.6) is 11.5 Å². The zero-order valence-corrected chi connectivity index (χ0v) is 15.0. The summed E-state index contributed by atoms with van der Waals surface area (Å²) in [6, 6.07) is 10.7. The van der Waals surface area contributed by atoms with E-state index in [1.165, 1.54) is 6.07 Å². The number of phenols is 1. The van der Waals surface area contributed by atoms with Crippen molar-refractivity contribution in [2.24, 2.45) is 0 Å². The Bertz CT molecular complexity index is 788. The van der Waals surface area contributed by atoms with Crippen molar-refractivity contribution in [3.8, 4) is 11.5 Å². The van der Waals surface area contributed by atoms with Crippen molar-refractivity contribution in [2.45, 2.75) is 32.3 Å². The average molecular weight is 355 g/mol. The van der Waals surface area contributed by atoms with Gasteiger partial charge in [-0.3, -0.25) is 4.79 Å². The Morgan fingerprint density at radius 1 is 1.23 bits per heavy atom. The highest BCUT2D eigenvalue weighted by Gasteiger charge is 2.26. The lowest BCUT2D eigenvalue weighted by Gasteiger charge is -2.21. The van der Waals surface area contributed by atoms with E-state index in [1.807, 2.05) is 18.2 Å². The summed E-state index contributed by atoms with van der Waals surface area (Å²) in [5, 5.41) is 23.5. The molecule has 0 saturated heterocycles. The molecule has 1 atom stereocenters. The molecule has 5 heteroatoms. The number of rotatable bonds is 8. The fourth-order valence-electron chi connectivity index (χ4n) is 3.20. The van der Waals surface area contributed by atoms with Crippen LogP contribution in [0.1, 0.15) is 46.8 Å². The van der Waals surface area contributed by atoms with Crippen molar-refractivity contribution < 1.29 is 19.7 Å². The molecular formula is C21H25NO4. The van der Waals surface area contributed by atoms with Gasteiger partial charge in [0.05, 0.1) is 5.56 Å². The zero-order valence-electron chi connectivity index (χ0n) is 15.0. The summed E-state index contributed by atoms with van der Waals surface area (Å²) in [4.78, 5) is 12.6. The van der Waals surface area contributed by atoms with Gasteiger partial charge in [0, 0.05) is 18.2 Å². The third kappa shape index (κ3) is 4.06. The first-order valence-corrected chi connectivity index (χ1v) is 9.10. The molecule has 0 fully saturated rings. The molecular weight excluding hydrogens is 330 g/mol. The van der Waals surface area contributed by atoms with Crippen LogP contribution in [0.15, 0.2) is 36.4 Å². The summed E-state index contributed by atoms with van der Waals surface area (Å²) in [5.74, 6) is 0.222. The maximum Gasteiger partial charge on any atom is 0.197 e. The predicted octanol–water partition coefficient (Wildman–Crippen LogP) is 2.66. The normalized spacial score (nSPS) is 13.8. The van der Waals surface area contributed by atoms with Gasteiger partial charge < -0.3 is 20.3 Å². The molecule has 0 amide bonds. The van der Waals surface area contributed by atoms with E-state index in [1.54, 1.807) is 12.1 Å². The van der Waals surface area contributed by atoms with Crippen LogP contribution in [0.3, 0.4) is 0 Å². The van der Waals surface area contributed by atoms with Crippen molar-refractivity contribution in [3.63, 3.8) is 0 Å². The van der Waals surface area contributed by atoms with Gasteiger partial charge in [-0.2, -0.15) is 0 Å². The quantitative estimate of drug-likeness (QED) is 0.542. The topological polar surface area (TPSA) is 78.8 Å². The third-order valence-corrected chi connectivity index (χ3v) is 4.57. The number of nitrogens with one attached hydrogen (secondary N) is 1. The van der Waals surface area contributed by atoms with Crippen LogP contribution < -0.4 is 10.1 Å². The fourth-order valence-corrected chi connectivity index (χ4v) is 3.20. The number of ketones is 1. The number of aliphatic hydroxyl groups is 1. The maximum absolute atomic E-state index is 12.6. The number of hydrogen-bond acceptors (Lipinski definition) is 5. The van der Waals surface area contributed by atoms with Crippen LogP contribution in [0.2, 0.25) is 0 Å². The van der Waals surface area contributed by atoms with Crippen LogP contribution in [0, 0.1) is 0 Å². The molecule has 0 aromatic heterocycles. The first-order chi connectivity index (χ1) is 12.6. The Morgan fingerprint density at radius 2 is 2.04 bits per heavy atom. The van der Waals surface area contributed by atoms with Crippen LogP contribution in [0.25, 0.3) is 0 Å². The van der Waals surface area contributed by atoms with Gasteiger partial charge >= 0.3 is 0 Å². The Morgan fingerprint density at radius 3 is 2.85 bits per heavy atom. The molecule has 1 aliphatic rings. The summed E-state index contributed by atoms with van der Waals surface area (Å²) in [6.45, 7) is 3.58. The molecule has 138 valence electrons. The molecule has 2 aromatic carbocycles. The van der Waals surface area contributed by atoms with Crippen molar-refractivity contribution in [3.05, 3.63) is 58.7 Å². The Labute approximate surface area is 153 Å². The van der Waals surface area contributed by atoms with Gasteiger partial charge in [0.15, 0.2) is 5.78 Å². The molecule has 0 spiro atoms. The van der Waals surface area contributed by atoms with Gasteiger partial charge in [0.1, 0.15) is 24.2 Å². The molecule has 5 nitrogen and oxygen atoms in total. The molecule has 2 aromatic rings. The van der Waals surface area contributed by atoms with E-state index in [-0.39, 0.29) is 18.1 Å². The lowest BCUT2D eigenvalue weighted by molar-refractivity contribution is 0.102. The number of hydrogen-bond donors (Lipinski definition) is 3. The van der Waals surface area contributed by atoms with Crippen LogP contribution in [-0.4, -0.2) is 41.8 Å². The van der Waals surface area contributed by atoms with Gasteiger partial charge in [-0.25, -0.2) is 0 Å². The molecule has 3 rings (SSSR count). The number of unbranched alkanes of at least 4 members (excludes halogenated alkanes) is 1. The van der Waals surface area contributed by atoms with Crippen LogP contribution >= 0.6 is 0 Å². The van der Waals surface area contributed by atoms with Crippen molar-refractivity contribution in [2.75, 3.05) is 19.7 Å². The second-order valence-electron chi connectivity index (χ2n) is 6.66. The Balaban J connectivity index is 1.67. The number of aromatic hydroxyl groups is 1. The first-order valence-electron chi connectivity index (χ1n) is 9.10. The van der Waals surface area contributed by atoms with E-state index in [0.717, 1.165) is 30.5 Å². The highest BCUT2D eigenvalue weighted by Crippen LogP contribution is 2.35. The molecule has 1 unspecified atom stereocenters. The monoisotopic (exact) mass is 355 g/mol. The minimum atomic E-state index is -0.632. The molecule has 0 heterocycles. The van der Waals surface area contributed by atoms with Gasteiger partial charge in [-0.1, -0.05) is 37.6 Å². The van der Waals surface area contributed by atoms with E-state index < -0.39 is 6.10 Å². The number of carbonyl (C=O) groups is 1. The second-order valence-corrected chi connectivity index (χ2v) is 6.66. The molecule has 3 N–H and O–H groups in total. The second kappa shape index (κ2) is 8.34. The third-order valence-electron chi connectivity index (χ3n) is 4.57. The van der Waals surface area contributed by atoms with E-state index >= 15 is 0 Å². The largest absolute Gasteiger partial charge is 0.507 e. The number of carbonyl (C=O) groups excluding carboxylic acids is 1. The zero-order chi connectivity index (χ0) is 18.5. The summed E-state index contributed by atoms with van der Waals surface area (Å²) >= 11 is 0. The number of fused-ring (bicyclic) bond motifs is 2. The van der Waals surface area contributed by atoms with Gasteiger partial charge in [-0.05, 0) is 36.6 Å². The molecule has 0 radical (unpaired) electrons. The summed E-state index contributed by atoms with van der Waals surface area (Å²) in [5.41, 5.74) is 2.68. The minimum Gasteiger partial charge on any atom is -0.507 e. The van der Waals surface area contributed by atoms with Crippen LogP contribution in [-0.2, 0) is 6.42 Å². The maximum atomic E-state index is 12.6. The summed E-state index contributed by atoms with van der Waals surface area (Å²) in [6.07, 6.45) is 2.12. The van der Waals surface area contributed by atoms with Crippen LogP contribution in [0.4, 0.5) is 0 Å². The number of benzene rings is 2. The first kappa shape index (κ1) is 18.4. The van der Waals surface area contributed by atoms with Gasteiger partial charge in [0.2, 0.25) is 0 Å². The van der Waals surface area contributed by atoms with Crippen molar-refractivity contribution >= 4 is 5.78 Å². The van der Waals surface area contributed by atoms with Crippen molar-refractivity contribution in [1.29, 1.82) is 0 Å². The molecule has 0 saturated carbocycles. The average Bonchev–Trinajstić information content (AvgIpc) is 2.63. The molecule has 0 bridgehead atoms. The standard InChI is InChI=1S/C21H25NO4/c1-2-3-8-22-12-16(23)13-26-17-10-15-9-14-6-4-5-7-18(14)21(25)20(15)19(24)11-17/h4-7,10-11,16,22-24H,2-3,8-9,12-13H2,1H3. The molecule has 26 heavy (non-hydrogen) atoms. The lowest BCUT2D eigenvalue weighted by Crippen LogP contribution is -2.32. The molecule has 0 aliphatic heterocycles. The summed E-state index contributed by atoms with van der Waals surface area (Å²) < 4.78 is 5.63. The van der Waals surface area contributed by atoms with E-state index in [4.69, 9.17) is 4.74 Å². The summed E-state index contributed by atoms with van der Waals surface area (Å²) in [7, 11) is 0. The van der Waals surface area contributed by atoms with E-state index in [0.29, 0.717) is 29.8 Å². The Kier molecular flexibility index (Phi) is 5.91.